The zero-order valence-electron chi connectivity index (χ0n) is 20.5. The van der Waals surface area contributed by atoms with Crippen LogP contribution in [0.3, 0.4) is 0 Å². The quantitative estimate of drug-likeness (QED) is 0.356. The summed E-state index contributed by atoms with van der Waals surface area (Å²) in [5, 5.41) is 0.433. The molecule has 1 aromatic heterocycles. The molecule has 3 aromatic carbocycles. The van der Waals surface area contributed by atoms with Crippen LogP contribution in [-0.2, 0) is 4.74 Å². The highest BCUT2D eigenvalue weighted by Gasteiger charge is 2.43. The lowest BCUT2D eigenvalue weighted by molar-refractivity contribution is 0.0526. The lowest BCUT2D eigenvalue weighted by atomic mass is 9.97. The number of hydrogen-bond donors (Lipinski definition) is 0. The summed E-state index contributed by atoms with van der Waals surface area (Å²) in [6.07, 6.45) is 0. The fraction of sp³-hybridized carbons (Fsp3) is 0.207. The summed E-state index contributed by atoms with van der Waals surface area (Å²) in [5.74, 6) is -0.191. The maximum absolute atomic E-state index is 13.8. The van der Waals surface area contributed by atoms with Crippen LogP contribution in [0.1, 0.15) is 56.1 Å². The van der Waals surface area contributed by atoms with Gasteiger partial charge in [-0.3, -0.25) is 14.5 Å². The second kappa shape index (κ2) is 9.00. The Hall–Kier alpha value is -4.39. The van der Waals surface area contributed by atoms with Gasteiger partial charge in [0.2, 0.25) is 5.76 Å². The molecule has 1 amide bonds. The predicted molar refractivity (Wildman–Crippen MR) is 136 cm³/mol. The third-order valence-electron chi connectivity index (χ3n) is 6.57. The van der Waals surface area contributed by atoms with Gasteiger partial charge in [0.05, 0.1) is 36.3 Å². The van der Waals surface area contributed by atoms with Crippen molar-refractivity contribution in [3.63, 3.8) is 0 Å². The van der Waals surface area contributed by atoms with Gasteiger partial charge in [-0.25, -0.2) is 4.79 Å². The average Bonchev–Trinajstić information content (AvgIpc) is 3.18. The van der Waals surface area contributed by atoms with Crippen LogP contribution >= 0.6 is 0 Å². The number of rotatable bonds is 5. The van der Waals surface area contributed by atoms with Crippen LogP contribution in [0.2, 0.25) is 0 Å². The van der Waals surface area contributed by atoms with E-state index >= 15 is 0 Å². The van der Waals surface area contributed by atoms with Gasteiger partial charge in [0.25, 0.3) is 5.91 Å². The Labute approximate surface area is 207 Å². The number of methoxy groups -OCH3 is 1. The van der Waals surface area contributed by atoms with Crippen molar-refractivity contribution in [2.75, 3.05) is 18.6 Å². The van der Waals surface area contributed by atoms with Gasteiger partial charge in [0.15, 0.2) is 5.43 Å². The fourth-order valence-corrected chi connectivity index (χ4v) is 4.57. The topological polar surface area (TPSA) is 86.0 Å². The highest BCUT2D eigenvalue weighted by molar-refractivity contribution is 6.10. The minimum atomic E-state index is -0.714. The molecule has 1 atom stereocenters. The molecule has 5 rings (SSSR count). The van der Waals surface area contributed by atoms with Gasteiger partial charge in [-0.15, -0.1) is 0 Å². The normalized spacial score (nSPS) is 14.7. The first kappa shape index (κ1) is 23.4. The van der Waals surface area contributed by atoms with Crippen LogP contribution in [-0.4, -0.2) is 25.6 Å². The standard InChI is InChI=1S/C29H25NO6/c1-5-35-29(33)19-6-10-20(11-7-19)30-25(18-8-12-21(34-4)13-9-18)24-26(31)22-14-16(2)17(3)15-23(22)36-27(24)28(30)32/h6-15,25H,5H2,1-4H3. The Bertz CT molecular complexity index is 1550. The van der Waals surface area contributed by atoms with Crippen molar-refractivity contribution >= 4 is 28.5 Å². The molecule has 1 unspecified atom stereocenters. The van der Waals surface area contributed by atoms with Crippen molar-refractivity contribution in [3.8, 4) is 5.75 Å². The van der Waals surface area contributed by atoms with Crippen molar-refractivity contribution in [2.45, 2.75) is 26.8 Å². The molecule has 0 radical (unpaired) electrons. The number of ether oxygens (including phenoxy) is 2. The van der Waals surface area contributed by atoms with E-state index in [2.05, 4.69) is 0 Å². The molecule has 7 heteroatoms. The minimum Gasteiger partial charge on any atom is -0.497 e. The summed E-state index contributed by atoms with van der Waals surface area (Å²) in [7, 11) is 1.58. The molecule has 1 aliphatic rings. The zero-order valence-corrected chi connectivity index (χ0v) is 20.5. The molecule has 0 aliphatic carbocycles. The van der Waals surface area contributed by atoms with Gasteiger partial charge in [-0.05, 0) is 86.0 Å². The molecule has 1 aliphatic heterocycles. The Morgan fingerprint density at radius 3 is 2.28 bits per heavy atom. The monoisotopic (exact) mass is 483 g/mol. The van der Waals surface area contributed by atoms with E-state index in [0.29, 0.717) is 28.0 Å². The fourth-order valence-electron chi connectivity index (χ4n) is 4.57. The number of esters is 1. The van der Waals surface area contributed by atoms with Crippen LogP contribution in [0.4, 0.5) is 5.69 Å². The largest absolute Gasteiger partial charge is 0.497 e. The molecule has 4 aromatic rings. The average molecular weight is 484 g/mol. The zero-order chi connectivity index (χ0) is 25.6. The van der Waals surface area contributed by atoms with E-state index in [1.165, 1.54) is 4.90 Å². The van der Waals surface area contributed by atoms with Crippen LogP contribution in [0, 0.1) is 13.8 Å². The van der Waals surface area contributed by atoms with Crippen molar-refractivity contribution < 1.29 is 23.5 Å². The van der Waals surface area contributed by atoms with E-state index in [1.807, 2.05) is 32.0 Å². The van der Waals surface area contributed by atoms with Gasteiger partial charge in [0, 0.05) is 5.69 Å². The highest BCUT2D eigenvalue weighted by Crippen LogP contribution is 2.41. The van der Waals surface area contributed by atoms with E-state index in [9.17, 15) is 14.4 Å². The number of amides is 1. The number of nitrogens with zero attached hydrogens (tertiary/aromatic N) is 1. The summed E-state index contributed by atoms with van der Waals surface area (Å²) in [5.41, 5.74) is 3.98. The maximum Gasteiger partial charge on any atom is 0.338 e. The highest BCUT2D eigenvalue weighted by atomic mass is 16.5. The lowest BCUT2D eigenvalue weighted by Gasteiger charge is -2.25. The van der Waals surface area contributed by atoms with Crippen molar-refractivity contribution in [1.82, 2.24) is 0 Å². The molecule has 0 saturated carbocycles. The Morgan fingerprint density at radius 1 is 0.972 bits per heavy atom. The summed E-state index contributed by atoms with van der Waals surface area (Å²) >= 11 is 0. The van der Waals surface area contributed by atoms with Crippen molar-refractivity contribution in [3.05, 3.63) is 104 Å². The van der Waals surface area contributed by atoms with Crippen molar-refractivity contribution in [1.29, 1.82) is 0 Å². The number of anilines is 1. The first-order valence-electron chi connectivity index (χ1n) is 11.7. The third-order valence-corrected chi connectivity index (χ3v) is 6.57. The first-order chi connectivity index (χ1) is 17.3. The van der Waals surface area contributed by atoms with Gasteiger partial charge in [0.1, 0.15) is 11.3 Å². The van der Waals surface area contributed by atoms with Crippen LogP contribution in [0.15, 0.2) is 69.9 Å². The van der Waals surface area contributed by atoms with E-state index in [1.54, 1.807) is 56.5 Å². The van der Waals surface area contributed by atoms with Crippen molar-refractivity contribution in [2.24, 2.45) is 0 Å². The number of aryl methyl sites for hydroxylation is 2. The van der Waals surface area contributed by atoms with E-state index in [-0.39, 0.29) is 23.4 Å². The molecule has 36 heavy (non-hydrogen) atoms. The number of carbonyl (C=O) groups is 2. The van der Waals surface area contributed by atoms with E-state index in [0.717, 1.165) is 16.7 Å². The molecule has 2 heterocycles. The van der Waals surface area contributed by atoms with Gasteiger partial charge < -0.3 is 13.9 Å². The number of carbonyl (C=O) groups excluding carboxylic acids is 2. The lowest BCUT2D eigenvalue weighted by Crippen LogP contribution is -2.29. The number of benzene rings is 3. The van der Waals surface area contributed by atoms with E-state index < -0.39 is 17.9 Å². The SMILES string of the molecule is CCOC(=O)c1ccc(N2C(=O)c3oc4cc(C)c(C)cc4c(=O)c3C2c2ccc(OC)cc2)cc1. The van der Waals surface area contributed by atoms with E-state index in [4.69, 9.17) is 13.9 Å². The molecule has 0 saturated heterocycles. The number of hydrogen-bond acceptors (Lipinski definition) is 6. The molecule has 182 valence electrons. The van der Waals surface area contributed by atoms with Gasteiger partial charge in [-0.2, -0.15) is 0 Å². The van der Waals surface area contributed by atoms with Gasteiger partial charge in [-0.1, -0.05) is 12.1 Å². The maximum atomic E-state index is 13.8. The van der Waals surface area contributed by atoms with Gasteiger partial charge >= 0.3 is 5.97 Å². The Morgan fingerprint density at radius 2 is 1.64 bits per heavy atom. The van der Waals surface area contributed by atoms with Crippen LogP contribution < -0.4 is 15.1 Å². The molecule has 0 bridgehead atoms. The molecule has 0 N–H and O–H groups in total. The molecular weight excluding hydrogens is 458 g/mol. The molecular formula is C29H25NO6. The second-order valence-electron chi connectivity index (χ2n) is 8.72. The smallest absolute Gasteiger partial charge is 0.338 e. The second-order valence-corrected chi connectivity index (χ2v) is 8.72. The number of fused-ring (bicyclic) bond motifs is 2. The summed E-state index contributed by atoms with van der Waals surface area (Å²) in [6, 6.07) is 16.7. The molecule has 0 spiro atoms. The minimum absolute atomic E-state index is 0.0195. The van der Waals surface area contributed by atoms with Crippen LogP contribution in [0.5, 0.6) is 5.75 Å². The summed E-state index contributed by atoms with van der Waals surface area (Å²) in [6.45, 7) is 5.87. The Kier molecular flexibility index (Phi) is 5.84. The predicted octanol–water partition coefficient (Wildman–Crippen LogP) is 5.34. The van der Waals surface area contributed by atoms with Crippen LogP contribution in [0.25, 0.3) is 11.0 Å². The summed E-state index contributed by atoms with van der Waals surface area (Å²) in [4.78, 5) is 41.2. The third kappa shape index (κ3) is 3.73. The molecule has 7 nitrogen and oxygen atoms in total. The Balaban J connectivity index is 1.71. The first-order valence-corrected chi connectivity index (χ1v) is 11.7. The summed E-state index contributed by atoms with van der Waals surface area (Å²) < 4.78 is 16.4. The molecule has 0 fully saturated rings.